The molecule has 0 unspecified atom stereocenters. The van der Waals surface area contributed by atoms with Crippen molar-refractivity contribution in [1.82, 2.24) is 25.0 Å². The van der Waals surface area contributed by atoms with Crippen LogP contribution >= 0.6 is 23.1 Å². The van der Waals surface area contributed by atoms with Gasteiger partial charge >= 0.3 is 0 Å². The summed E-state index contributed by atoms with van der Waals surface area (Å²) < 4.78 is 15.2. The second kappa shape index (κ2) is 10.1. The maximum Gasteiger partial charge on any atom is 0.243 e. The molecule has 0 saturated heterocycles. The van der Waals surface area contributed by atoms with E-state index in [1.807, 2.05) is 36.6 Å². The van der Waals surface area contributed by atoms with Gasteiger partial charge in [-0.25, -0.2) is 4.39 Å². The third-order valence-corrected chi connectivity index (χ3v) is 6.72. The average molecular weight is 481 g/mol. The maximum absolute atomic E-state index is 13.2. The molecule has 0 radical (unpaired) electrons. The molecule has 0 aliphatic carbocycles. The number of rotatable bonds is 8. The molecule has 168 valence electrons. The molecule has 1 amide bonds. The number of nitrogens with zero attached hydrogens (tertiary/aromatic N) is 6. The van der Waals surface area contributed by atoms with Gasteiger partial charge in [0.25, 0.3) is 0 Å². The summed E-state index contributed by atoms with van der Waals surface area (Å²) in [6.45, 7) is 8.47. The predicted octanol–water partition coefficient (Wildman–Crippen LogP) is 5.20. The van der Waals surface area contributed by atoms with Crippen LogP contribution in [0.3, 0.4) is 0 Å². The highest BCUT2D eigenvalue weighted by molar-refractivity contribution is 7.99. The van der Waals surface area contributed by atoms with Crippen LogP contribution in [0.4, 0.5) is 9.52 Å². The monoisotopic (exact) mass is 480 g/mol. The lowest BCUT2D eigenvalue weighted by atomic mass is 10.1. The number of hydrogen-bond donors (Lipinski definition) is 0. The number of anilines is 1. The summed E-state index contributed by atoms with van der Waals surface area (Å²) in [5, 5.41) is 18.5. The molecular weight excluding hydrogens is 459 g/mol. The summed E-state index contributed by atoms with van der Waals surface area (Å²) in [6.07, 6.45) is 1.42. The third kappa shape index (κ3) is 5.01. The lowest BCUT2D eigenvalue weighted by molar-refractivity contribution is -0.115. The van der Waals surface area contributed by atoms with Crippen LogP contribution in [0.2, 0.25) is 0 Å². The fraction of sp³-hybridized carbons (Fsp3) is 0.174. The lowest BCUT2D eigenvalue weighted by Gasteiger charge is -2.13. The largest absolute Gasteiger partial charge is 0.302 e. The SMILES string of the molecule is C=CN(C(=O)CSc1nnc(-c2cccc(C)c2)n1CC)c1nnc(-c2ccc(F)cc2)s1. The van der Waals surface area contributed by atoms with Gasteiger partial charge in [0, 0.05) is 23.9 Å². The van der Waals surface area contributed by atoms with E-state index in [9.17, 15) is 9.18 Å². The lowest BCUT2D eigenvalue weighted by Crippen LogP contribution is -2.26. The van der Waals surface area contributed by atoms with E-state index in [-0.39, 0.29) is 17.5 Å². The van der Waals surface area contributed by atoms with Gasteiger partial charge in [0.2, 0.25) is 11.0 Å². The fourth-order valence-corrected chi connectivity index (χ4v) is 4.91. The van der Waals surface area contributed by atoms with Gasteiger partial charge in [-0.05, 0) is 44.2 Å². The van der Waals surface area contributed by atoms with E-state index in [0.717, 1.165) is 22.5 Å². The van der Waals surface area contributed by atoms with Crippen molar-refractivity contribution in [2.24, 2.45) is 0 Å². The smallest absolute Gasteiger partial charge is 0.243 e. The standard InChI is InChI=1S/C23H21FN6OS2/c1-4-29(23-28-26-21(33-23)16-9-11-18(24)12-10-16)19(31)14-32-22-27-25-20(30(22)5-2)17-8-6-7-15(3)13-17/h4,6-13H,1,5,14H2,2-3H3. The first kappa shape index (κ1) is 22.8. The van der Waals surface area contributed by atoms with Crippen LogP contribution in [0.5, 0.6) is 0 Å². The number of amides is 1. The number of aromatic nitrogens is 5. The number of thioether (sulfide) groups is 1. The number of carbonyl (C=O) groups excluding carboxylic acids is 1. The molecule has 0 bridgehead atoms. The van der Waals surface area contributed by atoms with Gasteiger partial charge in [-0.15, -0.1) is 20.4 Å². The summed E-state index contributed by atoms with van der Waals surface area (Å²) in [7, 11) is 0. The Morgan fingerprint density at radius 3 is 2.64 bits per heavy atom. The highest BCUT2D eigenvalue weighted by atomic mass is 32.2. The van der Waals surface area contributed by atoms with Crippen molar-refractivity contribution in [1.29, 1.82) is 0 Å². The first-order chi connectivity index (χ1) is 16.0. The van der Waals surface area contributed by atoms with Gasteiger partial charge < -0.3 is 4.57 Å². The molecular formula is C23H21FN6OS2. The van der Waals surface area contributed by atoms with E-state index in [4.69, 9.17) is 0 Å². The highest BCUT2D eigenvalue weighted by Crippen LogP contribution is 2.30. The quantitative estimate of drug-likeness (QED) is 0.323. The highest BCUT2D eigenvalue weighted by Gasteiger charge is 2.20. The number of halogens is 1. The Morgan fingerprint density at radius 1 is 1.15 bits per heavy atom. The average Bonchev–Trinajstić information content (AvgIpc) is 3.46. The van der Waals surface area contributed by atoms with Crippen molar-refractivity contribution >= 4 is 34.1 Å². The van der Waals surface area contributed by atoms with Gasteiger partial charge in [-0.2, -0.15) is 0 Å². The summed E-state index contributed by atoms with van der Waals surface area (Å²) in [4.78, 5) is 14.3. The molecule has 2 aromatic heterocycles. The molecule has 7 nitrogen and oxygen atoms in total. The number of hydrogen-bond acceptors (Lipinski definition) is 7. The summed E-state index contributed by atoms with van der Waals surface area (Å²) in [5.41, 5.74) is 2.85. The minimum absolute atomic E-state index is 0.128. The van der Waals surface area contributed by atoms with E-state index >= 15 is 0 Å². The molecule has 2 aromatic carbocycles. The van der Waals surface area contributed by atoms with E-state index in [2.05, 4.69) is 33.0 Å². The topological polar surface area (TPSA) is 76.8 Å². The fourth-order valence-electron chi connectivity index (χ4n) is 3.18. The molecule has 4 rings (SSSR count). The van der Waals surface area contributed by atoms with E-state index in [0.29, 0.717) is 21.8 Å². The molecule has 0 saturated carbocycles. The first-order valence-corrected chi connectivity index (χ1v) is 12.0. The second-order valence-electron chi connectivity index (χ2n) is 7.05. The zero-order valence-corrected chi connectivity index (χ0v) is 19.7. The molecule has 4 aromatic rings. The molecule has 0 aliphatic rings. The summed E-state index contributed by atoms with van der Waals surface area (Å²) >= 11 is 2.54. The third-order valence-electron chi connectivity index (χ3n) is 4.80. The molecule has 0 atom stereocenters. The normalized spacial score (nSPS) is 10.9. The van der Waals surface area contributed by atoms with Crippen molar-refractivity contribution in [2.75, 3.05) is 10.7 Å². The van der Waals surface area contributed by atoms with Crippen LogP contribution in [0.15, 0.2) is 66.5 Å². The summed E-state index contributed by atoms with van der Waals surface area (Å²) in [6, 6.07) is 14.0. The van der Waals surface area contributed by atoms with Crippen molar-refractivity contribution < 1.29 is 9.18 Å². The zero-order chi connectivity index (χ0) is 23.4. The van der Waals surface area contributed by atoms with Crippen LogP contribution in [0, 0.1) is 12.7 Å². The second-order valence-corrected chi connectivity index (χ2v) is 8.95. The number of aryl methyl sites for hydroxylation is 1. The summed E-state index contributed by atoms with van der Waals surface area (Å²) in [5.74, 6) is 0.363. The van der Waals surface area contributed by atoms with Crippen LogP contribution < -0.4 is 4.90 Å². The van der Waals surface area contributed by atoms with Crippen LogP contribution in [0.25, 0.3) is 22.0 Å². The van der Waals surface area contributed by atoms with Crippen molar-refractivity contribution in [3.8, 4) is 22.0 Å². The first-order valence-electron chi connectivity index (χ1n) is 10.2. The van der Waals surface area contributed by atoms with Crippen molar-refractivity contribution in [3.63, 3.8) is 0 Å². The minimum Gasteiger partial charge on any atom is -0.302 e. The molecule has 2 heterocycles. The van der Waals surface area contributed by atoms with E-state index in [1.165, 1.54) is 46.3 Å². The van der Waals surface area contributed by atoms with Crippen LogP contribution in [-0.2, 0) is 11.3 Å². The Balaban J connectivity index is 1.48. The van der Waals surface area contributed by atoms with E-state index in [1.54, 1.807) is 12.1 Å². The van der Waals surface area contributed by atoms with Gasteiger partial charge in [0.1, 0.15) is 10.8 Å². The Kier molecular flexibility index (Phi) is 6.95. The maximum atomic E-state index is 13.2. The molecule has 0 spiro atoms. The molecule has 0 N–H and O–H groups in total. The number of carbonyl (C=O) groups is 1. The van der Waals surface area contributed by atoms with Gasteiger partial charge in [0.05, 0.1) is 5.75 Å². The Morgan fingerprint density at radius 2 is 1.94 bits per heavy atom. The predicted molar refractivity (Wildman–Crippen MR) is 130 cm³/mol. The molecule has 33 heavy (non-hydrogen) atoms. The molecule has 0 fully saturated rings. The Labute approximate surface area is 199 Å². The zero-order valence-electron chi connectivity index (χ0n) is 18.1. The van der Waals surface area contributed by atoms with E-state index < -0.39 is 0 Å². The van der Waals surface area contributed by atoms with Gasteiger partial charge in [0.15, 0.2) is 11.0 Å². The van der Waals surface area contributed by atoms with Crippen LogP contribution in [0.1, 0.15) is 12.5 Å². The van der Waals surface area contributed by atoms with Crippen molar-refractivity contribution in [3.05, 3.63) is 72.7 Å². The van der Waals surface area contributed by atoms with Gasteiger partial charge in [-0.1, -0.05) is 53.4 Å². The number of benzene rings is 2. The van der Waals surface area contributed by atoms with Crippen molar-refractivity contribution in [2.45, 2.75) is 25.5 Å². The molecule has 0 aliphatic heterocycles. The van der Waals surface area contributed by atoms with Gasteiger partial charge in [-0.3, -0.25) is 9.69 Å². The Hall–Kier alpha value is -3.37. The van der Waals surface area contributed by atoms with Crippen LogP contribution in [-0.4, -0.2) is 36.6 Å². The molecule has 10 heteroatoms. The minimum atomic E-state index is -0.325. The Bertz CT molecular complexity index is 1280.